The highest BCUT2D eigenvalue weighted by Crippen LogP contribution is 2.27. The Morgan fingerprint density at radius 3 is 2.50 bits per heavy atom. The third-order valence-electron chi connectivity index (χ3n) is 3.11. The van der Waals surface area contributed by atoms with Crippen LogP contribution >= 0.6 is 27.5 Å². The van der Waals surface area contributed by atoms with E-state index in [0.29, 0.717) is 43.3 Å². The lowest BCUT2D eigenvalue weighted by atomic mass is 10.2. The van der Waals surface area contributed by atoms with Gasteiger partial charge in [-0.15, -0.1) is 0 Å². The summed E-state index contributed by atoms with van der Waals surface area (Å²) in [5.41, 5.74) is 0. The van der Waals surface area contributed by atoms with Crippen molar-refractivity contribution in [3.63, 3.8) is 0 Å². The number of rotatable bonds is 11. The highest BCUT2D eigenvalue weighted by molar-refractivity contribution is 9.10. The summed E-state index contributed by atoms with van der Waals surface area (Å²) in [6.07, 6.45) is 3.03. The van der Waals surface area contributed by atoms with E-state index in [4.69, 9.17) is 21.4 Å². The number of carboxylic acids is 1. The first-order valence-electron chi connectivity index (χ1n) is 7.80. The Bertz CT molecular complexity index is 543. The summed E-state index contributed by atoms with van der Waals surface area (Å²) in [5.74, 6) is -0.168. The van der Waals surface area contributed by atoms with Crippen molar-refractivity contribution in [2.24, 2.45) is 0 Å². The maximum Gasteiger partial charge on any atom is 0.314 e. The van der Waals surface area contributed by atoms with Gasteiger partial charge in [-0.05, 0) is 37.5 Å². The number of hydrogen-bond acceptors (Lipinski definition) is 3. The van der Waals surface area contributed by atoms with Gasteiger partial charge in [0.25, 0.3) is 0 Å². The first-order chi connectivity index (χ1) is 11.5. The van der Waals surface area contributed by atoms with E-state index >= 15 is 0 Å². The fourth-order valence-electron chi connectivity index (χ4n) is 1.89. The molecule has 0 spiro atoms. The van der Waals surface area contributed by atoms with Crippen LogP contribution < -0.4 is 15.4 Å². The average molecular weight is 422 g/mol. The quantitative estimate of drug-likeness (QED) is 0.474. The van der Waals surface area contributed by atoms with E-state index in [-0.39, 0.29) is 12.5 Å². The molecule has 1 rings (SSSR count). The van der Waals surface area contributed by atoms with Gasteiger partial charge in [-0.1, -0.05) is 34.0 Å². The second kappa shape index (κ2) is 12.0. The monoisotopic (exact) mass is 420 g/mol. The van der Waals surface area contributed by atoms with Gasteiger partial charge in [0.15, 0.2) is 0 Å². The van der Waals surface area contributed by atoms with Gasteiger partial charge in [0.2, 0.25) is 0 Å². The SMILES string of the molecule is O=C(O)CCCCCNC(=O)NCCCOc1ccc(Br)cc1Cl. The number of amides is 2. The molecule has 8 heteroatoms. The zero-order valence-corrected chi connectivity index (χ0v) is 15.7. The van der Waals surface area contributed by atoms with Crippen LogP contribution in [0.2, 0.25) is 5.02 Å². The molecule has 0 fully saturated rings. The zero-order chi connectivity index (χ0) is 17.8. The summed E-state index contributed by atoms with van der Waals surface area (Å²) in [4.78, 5) is 21.9. The van der Waals surface area contributed by atoms with Crippen molar-refractivity contribution in [3.8, 4) is 5.75 Å². The highest BCUT2D eigenvalue weighted by atomic mass is 79.9. The van der Waals surface area contributed by atoms with Crippen molar-refractivity contribution in [2.45, 2.75) is 32.1 Å². The van der Waals surface area contributed by atoms with Gasteiger partial charge in [0, 0.05) is 24.0 Å². The molecule has 0 aliphatic heterocycles. The maximum atomic E-state index is 11.5. The fraction of sp³-hybridized carbons (Fsp3) is 0.500. The van der Waals surface area contributed by atoms with Crippen LogP contribution in [0.3, 0.4) is 0 Å². The standard InChI is InChI=1S/C16H22BrClN2O4/c17-12-6-7-14(13(18)11-12)24-10-4-9-20-16(23)19-8-3-1-2-5-15(21)22/h6-7,11H,1-5,8-10H2,(H,21,22)(H2,19,20,23). The van der Waals surface area contributed by atoms with E-state index < -0.39 is 5.97 Å². The first-order valence-corrected chi connectivity index (χ1v) is 8.97. The second-order valence-electron chi connectivity index (χ2n) is 5.16. The Morgan fingerprint density at radius 1 is 1.12 bits per heavy atom. The molecule has 24 heavy (non-hydrogen) atoms. The Morgan fingerprint density at radius 2 is 1.83 bits per heavy atom. The third kappa shape index (κ3) is 9.62. The van der Waals surface area contributed by atoms with Crippen LogP contribution in [0.25, 0.3) is 0 Å². The van der Waals surface area contributed by atoms with Crippen LogP contribution in [0, 0.1) is 0 Å². The molecule has 6 nitrogen and oxygen atoms in total. The van der Waals surface area contributed by atoms with Crippen molar-refractivity contribution < 1.29 is 19.4 Å². The highest BCUT2D eigenvalue weighted by Gasteiger charge is 2.03. The largest absolute Gasteiger partial charge is 0.492 e. The number of ether oxygens (including phenoxy) is 1. The lowest BCUT2D eigenvalue weighted by molar-refractivity contribution is -0.137. The number of urea groups is 1. The molecule has 0 radical (unpaired) electrons. The Labute approximate surface area is 155 Å². The van der Waals surface area contributed by atoms with Gasteiger partial charge >= 0.3 is 12.0 Å². The molecular formula is C16H22BrClN2O4. The molecule has 1 aromatic rings. The van der Waals surface area contributed by atoms with Gasteiger partial charge in [0.1, 0.15) is 5.75 Å². The smallest absolute Gasteiger partial charge is 0.314 e. The molecule has 0 aliphatic rings. The summed E-state index contributed by atoms with van der Waals surface area (Å²) in [6.45, 7) is 1.49. The molecule has 3 N–H and O–H groups in total. The number of carbonyl (C=O) groups excluding carboxylic acids is 1. The molecule has 0 aliphatic carbocycles. The van der Waals surface area contributed by atoms with E-state index in [1.807, 2.05) is 6.07 Å². The number of halogens is 2. The van der Waals surface area contributed by atoms with Crippen molar-refractivity contribution in [1.29, 1.82) is 0 Å². The van der Waals surface area contributed by atoms with E-state index in [2.05, 4.69) is 26.6 Å². The fourth-order valence-corrected chi connectivity index (χ4v) is 2.62. The van der Waals surface area contributed by atoms with Crippen molar-refractivity contribution in [1.82, 2.24) is 10.6 Å². The van der Waals surface area contributed by atoms with E-state index in [0.717, 1.165) is 17.3 Å². The van der Waals surface area contributed by atoms with Crippen molar-refractivity contribution in [2.75, 3.05) is 19.7 Å². The van der Waals surface area contributed by atoms with E-state index in [1.54, 1.807) is 12.1 Å². The number of benzene rings is 1. The van der Waals surface area contributed by atoms with Crippen LogP contribution in [0.5, 0.6) is 5.75 Å². The molecule has 0 aromatic heterocycles. The topological polar surface area (TPSA) is 87.7 Å². The third-order valence-corrected chi connectivity index (χ3v) is 3.90. The molecule has 0 heterocycles. The molecule has 0 atom stereocenters. The minimum Gasteiger partial charge on any atom is -0.492 e. The van der Waals surface area contributed by atoms with Crippen LogP contribution in [0.15, 0.2) is 22.7 Å². The van der Waals surface area contributed by atoms with Gasteiger partial charge in [0.05, 0.1) is 11.6 Å². The molecular weight excluding hydrogens is 400 g/mol. The Balaban J connectivity index is 2.00. The summed E-state index contributed by atoms with van der Waals surface area (Å²) in [7, 11) is 0. The normalized spacial score (nSPS) is 10.2. The van der Waals surface area contributed by atoms with Crippen molar-refractivity contribution >= 4 is 39.5 Å². The lowest BCUT2D eigenvalue weighted by Crippen LogP contribution is -2.36. The average Bonchev–Trinajstić information content (AvgIpc) is 2.52. The molecule has 2 amide bonds. The Kier molecular flexibility index (Phi) is 10.3. The lowest BCUT2D eigenvalue weighted by Gasteiger charge is -2.09. The molecule has 0 bridgehead atoms. The molecule has 134 valence electrons. The number of aliphatic carboxylic acids is 1. The van der Waals surface area contributed by atoms with Gasteiger partial charge < -0.3 is 20.5 Å². The minimum atomic E-state index is -0.785. The minimum absolute atomic E-state index is 0.175. The number of unbranched alkanes of at least 4 members (excludes halogenated alkanes) is 2. The second-order valence-corrected chi connectivity index (χ2v) is 6.49. The summed E-state index contributed by atoms with van der Waals surface area (Å²) >= 11 is 9.36. The van der Waals surface area contributed by atoms with Crippen LogP contribution in [-0.4, -0.2) is 36.8 Å². The number of nitrogens with one attached hydrogen (secondary N) is 2. The predicted molar refractivity (Wildman–Crippen MR) is 96.8 cm³/mol. The number of carbonyl (C=O) groups is 2. The molecule has 1 aromatic carbocycles. The summed E-state index contributed by atoms with van der Waals surface area (Å²) in [5, 5.41) is 14.5. The zero-order valence-electron chi connectivity index (χ0n) is 13.3. The summed E-state index contributed by atoms with van der Waals surface area (Å²) < 4.78 is 6.44. The van der Waals surface area contributed by atoms with Gasteiger partial charge in [-0.25, -0.2) is 4.79 Å². The first kappa shape index (κ1) is 20.6. The molecule has 0 unspecified atom stereocenters. The maximum absolute atomic E-state index is 11.5. The molecule has 0 saturated carbocycles. The van der Waals surface area contributed by atoms with Crippen LogP contribution in [0.1, 0.15) is 32.1 Å². The number of hydrogen-bond donors (Lipinski definition) is 3. The van der Waals surface area contributed by atoms with Gasteiger partial charge in [-0.3, -0.25) is 4.79 Å². The van der Waals surface area contributed by atoms with Crippen molar-refractivity contribution in [3.05, 3.63) is 27.7 Å². The van der Waals surface area contributed by atoms with E-state index in [1.165, 1.54) is 0 Å². The summed E-state index contributed by atoms with van der Waals surface area (Å²) in [6, 6.07) is 5.18. The van der Waals surface area contributed by atoms with E-state index in [9.17, 15) is 9.59 Å². The van der Waals surface area contributed by atoms with Crippen LogP contribution in [0.4, 0.5) is 4.79 Å². The van der Waals surface area contributed by atoms with Gasteiger partial charge in [-0.2, -0.15) is 0 Å². The number of carboxylic acid groups (broad SMARTS) is 1. The predicted octanol–water partition coefficient (Wildman–Crippen LogP) is 3.82. The van der Waals surface area contributed by atoms with Crippen LogP contribution in [-0.2, 0) is 4.79 Å². The molecule has 0 saturated heterocycles. The Hall–Kier alpha value is -1.47.